The quantitative estimate of drug-likeness (QED) is 0.885. The zero-order valence-electron chi connectivity index (χ0n) is 10.5. The van der Waals surface area contributed by atoms with Crippen LogP contribution in [0.25, 0.3) is 0 Å². The van der Waals surface area contributed by atoms with Gasteiger partial charge in [-0.3, -0.25) is 0 Å². The molecule has 0 amide bonds. The molecule has 1 rings (SSSR count). The molecular formula is C13H19Cl2NO. The largest absolute Gasteiger partial charge is 0.388 e. The minimum absolute atomic E-state index is 0.453. The van der Waals surface area contributed by atoms with Gasteiger partial charge in [0.1, 0.15) is 0 Å². The van der Waals surface area contributed by atoms with Crippen LogP contribution in [-0.4, -0.2) is 29.6 Å². The van der Waals surface area contributed by atoms with Crippen molar-refractivity contribution in [2.45, 2.75) is 32.4 Å². The second-order valence-corrected chi connectivity index (χ2v) is 5.31. The van der Waals surface area contributed by atoms with Gasteiger partial charge in [0.15, 0.2) is 0 Å². The molecule has 17 heavy (non-hydrogen) atoms. The first kappa shape index (κ1) is 14.8. The predicted octanol–water partition coefficient (Wildman–Crippen LogP) is 3.76. The molecule has 1 aromatic carbocycles. The van der Waals surface area contributed by atoms with Crippen molar-refractivity contribution in [2.75, 3.05) is 13.6 Å². The van der Waals surface area contributed by atoms with Crippen LogP contribution in [0.4, 0.5) is 0 Å². The number of hydrogen-bond donors (Lipinski definition) is 1. The molecule has 1 aromatic rings. The van der Waals surface area contributed by atoms with Gasteiger partial charge < -0.3 is 10.0 Å². The summed E-state index contributed by atoms with van der Waals surface area (Å²) in [5.41, 5.74) is 0.705. The zero-order chi connectivity index (χ0) is 13.0. The maximum absolute atomic E-state index is 10.1. The van der Waals surface area contributed by atoms with Crippen LogP contribution in [0.5, 0.6) is 0 Å². The van der Waals surface area contributed by atoms with Gasteiger partial charge in [-0.2, -0.15) is 0 Å². The molecule has 0 bridgehead atoms. The number of aliphatic hydroxyl groups excluding tert-OH is 1. The van der Waals surface area contributed by atoms with Crippen LogP contribution in [0.1, 0.15) is 31.9 Å². The van der Waals surface area contributed by atoms with Gasteiger partial charge in [-0.15, -0.1) is 0 Å². The minimum atomic E-state index is -0.567. The van der Waals surface area contributed by atoms with Crippen LogP contribution < -0.4 is 0 Å². The Kier molecular flexibility index (Phi) is 5.74. The van der Waals surface area contributed by atoms with E-state index >= 15 is 0 Å². The lowest BCUT2D eigenvalue weighted by atomic mass is 10.1. The van der Waals surface area contributed by atoms with Crippen molar-refractivity contribution in [3.63, 3.8) is 0 Å². The van der Waals surface area contributed by atoms with Crippen LogP contribution >= 0.6 is 23.2 Å². The van der Waals surface area contributed by atoms with E-state index in [1.165, 1.54) is 0 Å². The maximum Gasteiger partial charge on any atom is 0.0817 e. The summed E-state index contributed by atoms with van der Waals surface area (Å²) >= 11 is 12.0. The monoisotopic (exact) mass is 275 g/mol. The van der Waals surface area contributed by atoms with Crippen molar-refractivity contribution in [2.24, 2.45) is 0 Å². The van der Waals surface area contributed by atoms with E-state index < -0.39 is 6.10 Å². The second-order valence-electron chi connectivity index (χ2n) is 4.52. The highest BCUT2D eigenvalue weighted by atomic mass is 35.5. The lowest BCUT2D eigenvalue weighted by molar-refractivity contribution is 0.141. The number of nitrogens with zero attached hydrogens (tertiary/aromatic N) is 1. The molecule has 96 valence electrons. The summed E-state index contributed by atoms with van der Waals surface area (Å²) in [5.74, 6) is 0. The van der Waals surface area contributed by atoms with Crippen LogP contribution in [-0.2, 0) is 0 Å². The van der Waals surface area contributed by atoms with Gasteiger partial charge in [0.2, 0.25) is 0 Å². The van der Waals surface area contributed by atoms with Gasteiger partial charge >= 0.3 is 0 Å². The average Bonchev–Trinajstić information content (AvgIpc) is 2.29. The van der Waals surface area contributed by atoms with E-state index in [4.69, 9.17) is 23.2 Å². The van der Waals surface area contributed by atoms with Crippen LogP contribution in [0, 0.1) is 0 Å². The molecule has 2 nitrogen and oxygen atoms in total. The number of hydrogen-bond acceptors (Lipinski definition) is 2. The molecule has 4 heteroatoms. The molecule has 1 unspecified atom stereocenters. The highest BCUT2D eigenvalue weighted by molar-refractivity contribution is 6.42. The fourth-order valence-electron chi connectivity index (χ4n) is 1.52. The number of rotatable bonds is 5. The van der Waals surface area contributed by atoms with Gasteiger partial charge in [0, 0.05) is 18.2 Å². The van der Waals surface area contributed by atoms with Crippen molar-refractivity contribution in [3.8, 4) is 0 Å². The van der Waals surface area contributed by atoms with Gasteiger partial charge in [-0.25, -0.2) is 0 Å². The van der Waals surface area contributed by atoms with E-state index in [1.54, 1.807) is 12.1 Å². The Morgan fingerprint density at radius 1 is 1.29 bits per heavy atom. The molecule has 0 aliphatic rings. The normalized spacial score (nSPS) is 13.4. The molecule has 0 spiro atoms. The zero-order valence-corrected chi connectivity index (χ0v) is 12.0. The fourth-order valence-corrected chi connectivity index (χ4v) is 1.95. The topological polar surface area (TPSA) is 23.5 Å². The summed E-state index contributed by atoms with van der Waals surface area (Å²) in [4.78, 5) is 2.18. The molecule has 0 saturated heterocycles. The third-order valence-electron chi connectivity index (χ3n) is 2.98. The second kappa shape index (κ2) is 6.60. The Labute approximate surface area is 113 Å². The molecule has 0 radical (unpaired) electrons. The van der Waals surface area contributed by atoms with Crippen LogP contribution in [0.15, 0.2) is 18.2 Å². The highest BCUT2D eigenvalue weighted by Crippen LogP contribution is 2.31. The van der Waals surface area contributed by atoms with E-state index in [0.717, 1.165) is 6.54 Å². The summed E-state index contributed by atoms with van der Waals surface area (Å²) < 4.78 is 0. The summed E-state index contributed by atoms with van der Waals surface area (Å²) in [6.45, 7) is 5.07. The summed E-state index contributed by atoms with van der Waals surface area (Å²) in [5, 5.41) is 11.0. The van der Waals surface area contributed by atoms with Crippen molar-refractivity contribution in [1.82, 2.24) is 4.90 Å². The summed E-state index contributed by atoms with van der Waals surface area (Å²) in [6.07, 6.45) is 0.0803. The lowest BCUT2D eigenvalue weighted by Crippen LogP contribution is -2.28. The van der Waals surface area contributed by atoms with E-state index in [1.807, 2.05) is 13.1 Å². The Bertz CT molecular complexity index is 368. The molecule has 0 saturated carbocycles. The Morgan fingerprint density at radius 2 is 1.94 bits per heavy atom. The van der Waals surface area contributed by atoms with Gasteiger partial charge in [-0.05, 0) is 33.4 Å². The van der Waals surface area contributed by atoms with Crippen molar-refractivity contribution >= 4 is 23.2 Å². The first-order valence-electron chi connectivity index (χ1n) is 5.75. The Hall–Kier alpha value is -0.280. The van der Waals surface area contributed by atoms with E-state index in [0.29, 0.717) is 28.1 Å². The summed E-state index contributed by atoms with van der Waals surface area (Å²) in [6, 6.07) is 5.81. The van der Waals surface area contributed by atoms with Crippen molar-refractivity contribution < 1.29 is 5.11 Å². The fraction of sp³-hybridized carbons (Fsp3) is 0.538. The molecule has 0 fully saturated rings. The van der Waals surface area contributed by atoms with E-state index in [-0.39, 0.29) is 0 Å². The van der Waals surface area contributed by atoms with Gasteiger partial charge in [0.25, 0.3) is 0 Å². The average molecular weight is 276 g/mol. The Morgan fingerprint density at radius 3 is 2.53 bits per heavy atom. The third kappa shape index (κ3) is 4.14. The van der Waals surface area contributed by atoms with Crippen molar-refractivity contribution in [1.29, 1.82) is 0 Å². The van der Waals surface area contributed by atoms with E-state index in [9.17, 15) is 5.11 Å². The number of aliphatic hydroxyl groups is 1. The smallest absolute Gasteiger partial charge is 0.0817 e. The number of benzene rings is 1. The Balaban J connectivity index is 2.64. The highest BCUT2D eigenvalue weighted by Gasteiger charge is 2.14. The molecule has 0 heterocycles. The maximum atomic E-state index is 10.1. The van der Waals surface area contributed by atoms with Crippen LogP contribution in [0.3, 0.4) is 0 Å². The first-order valence-corrected chi connectivity index (χ1v) is 6.51. The first-order chi connectivity index (χ1) is 7.93. The SMILES string of the molecule is CC(C)N(C)CCC(O)c1cccc(Cl)c1Cl. The molecule has 0 aliphatic carbocycles. The summed E-state index contributed by atoms with van der Waals surface area (Å²) in [7, 11) is 2.04. The predicted molar refractivity (Wildman–Crippen MR) is 73.8 cm³/mol. The van der Waals surface area contributed by atoms with Crippen molar-refractivity contribution in [3.05, 3.63) is 33.8 Å². The third-order valence-corrected chi connectivity index (χ3v) is 3.81. The molecule has 1 atom stereocenters. The van der Waals surface area contributed by atoms with Gasteiger partial charge in [0.05, 0.1) is 16.1 Å². The lowest BCUT2D eigenvalue weighted by Gasteiger charge is -2.23. The standard InChI is InChI=1S/C13H19Cl2NO/c1-9(2)16(3)8-7-12(17)10-5-4-6-11(14)13(10)15/h4-6,9,12,17H,7-8H2,1-3H3. The molecular weight excluding hydrogens is 257 g/mol. The molecule has 0 aromatic heterocycles. The van der Waals surface area contributed by atoms with E-state index in [2.05, 4.69) is 18.7 Å². The minimum Gasteiger partial charge on any atom is -0.388 e. The molecule has 1 N–H and O–H groups in total. The van der Waals surface area contributed by atoms with Crippen LogP contribution in [0.2, 0.25) is 10.0 Å². The van der Waals surface area contributed by atoms with Gasteiger partial charge in [-0.1, -0.05) is 35.3 Å². The number of halogens is 2. The molecule has 0 aliphatic heterocycles.